The van der Waals surface area contributed by atoms with Gasteiger partial charge in [0.15, 0.2) is 0 Å². The number of allylic oxidation sites excluding steroid dienone is 4. The van der Waals surface area contributed by atoms with Crippen LogP contribution in [-0.2, 0) is 4.74 Å². The zero-order valence-corrected chi connectivity index (χ0v) is 6.97. The number of carbonyl (C=O) groups excluding carboxylic acids is 1. The third-order valence-corrected chi connectivity index (χ3v) is 0.888. The summed E-state index contributed by atoms with van der Waals surface area (Å²) in [6.07, 6.45) is 6.40. The predicted molar refractivity (Wildman–Crippen MR) is 45.4 cm³/mol. The Morgan fingerprint density at radius 1 is 1.64 bits per heavy atom. The summed E-state index contributed by atoms with van der Waals surface area (Å²) in [5.74, 6) is 0.377. The molecule has 0 aromatic rings. The molecule has 0 aromatic carbocycles. The van der Waals surface area contributed by atoms with Crippen molar-refractivity contribution in [1.29, 1.82) is 0 Å². The summed E-state index contributed by atoms with van der Waals surface area (Å²) < 4.78 is 4.56. The lowest BCUT2D eigenvalue weighted by Gasteiger charge is -1.97. The van der Waals surface area contributed by atoms with Gasteiger partial charge in [-0.1, -0.05) is 18.7 Å². The van der Waals surface area contributed by atoms with E-state index in [1.54, 1.807) is 25.2 Å². The largest absolute Gasteiger partial charge is 0.415 e. The third kappa shape index (κ3) is 5.43. The van der Waals surface area contributed by atoms with Gasteiger partial charge >= 0.3 is 5.43 Å². The standard InChI is InChI=1S/C8H9ClO2/c1-3-5-7(6-4-2)11-8(9)10/h3-6H,1H2,2H3/b6-4-,7-5+. The molecule has 0 aliphatic carbocycles. The van der Waals surface area contributed by atoms with Crippen LogP contribution in [0.15, 0.2) is 36.6 Å². The molecule has 0 amide bonds. The van der Waals surface area contributed by atoms with E-state index in [1.165, 1.54) is 6.08 Å². The van der Waals surface area contributed by atoms with E-state index in [0.29, 0.717) is 5.76 Å². The topological polar surface area (TPSA) is 26.3 Å². The molecular formula is C8H9ClO2. The van der Waals surface area contributed by atoms with E-state index in [0.717, 1.165) is 0 Å². The SMILES string of the molecule is C=C/C=C(\C=C/C)OC(=O)Cl. The molecule has 2 nitrogen and oxygen atoms in total. The lowest BCUT2D eigenvalue weighted by molar-refractivity contribution is 0.206. The molecule has 0 saturated heterocycles. The van der Waals surface area contributed by atoms with Crippen molar-refractivity contribution < 1.29 is 9.53 Å². The van der Waals surface area contributed by atoms with Gasteiger partial charge in [0.05, 0.1) is 0 Å². The highest BCUT2D eigenvalue weighted by atomic mass is 35.5. The van der Waals surface area contributed by atoms with Crippen LogP contribution in [0.1, 0.15) is 6.92 Å². The van der Waals surface area contributed by atoms with Crippen LogP contribution in [0.2, 0.25) is 0 Å². The molecule has 0 unspecified atom stereocenters. The Balaban J connectivity index is 4.22. The second kappa shape index (κ2) is 5.74. The monoisotopic (exact) mass is 172 g/mol. The molecule has 0 aliphatic rings. The van der Waals surface area contributed by atoms with E-state index >= 15 is 0 Å². The van der Waals surface area contributed by atoms with Gasteiger partial charge in [-0.2, -0.15) is 0 Å². The zero-order valence-electron chi connectivity index (χ0n) is 6.21. The van der Waals surface area contributed by atoms with Gasteiger partial charge in [0.25, 0.3) is 0 Å². The Bertz CT molecular complexity index is 204. The van der Waals surface area contributed by atoms with Crippen molar-refractivity contribution in [3.63, 3.8) is 0 Å². The van der Waals surface area contributed by atoms with E-state index in [1.807, 2.05) is 0 Å². The average molecular weight is 173 g/mol. The van der Waals surface area contributed by atoms with Crippen LogP contribution >= 0.6 is 11.6 Å². The summed E-state index contributed by atoms with van der Waals surface area (Å²) >= 11 is 4.97. The molecular weight excluding hydrogens is 164 g/mol. The van der Waals surface area contributed by atoms with E-state index in [-0.39, 0.29) is 0 Å². The van der Waals surface area contributed by atoms with Crippen molar-refractivity contribution in [1.82, 2.24) is 0 Å². The van der Waals surface area contributed by atoms with Crippen LogP contribution in [0.4, 0.5) is 4.79 Å². The number of rotatable bonds is 3. The summed E-state index contributed by atoms with van der Waals surface area (Å²) in [5.41, 5.74) is -0.851. The van der Waals surface area contributed by atoms with E-state index in [2.05, 4.69) is 11.3 Å². The Morgan fingerprint density at radius 2 is 2.27 bits per heavy atom. The molecule has 0 saturated carbocycles. The van der Waals surface area contributed by atoms with E-state index in [4.69, 9.17) is 11.6 Å². The molecule has 0 aromatic heterocycles. The number of hydrogen-bond acceptors (Lipinski definition) is 2. The fourth-order valence-electron chi connectivity index (χ4n) is 0.497. The molecule has 0 rings (SSSR count). The summed E-state index contributed by atoms with van der Waals surface area (Å²) in [6, 6.07) is 0. The molecule has 0 N–H and O–H groups in total. The Labute approximate surface area is 70.8 Å². The molecule has 0 spiro atoms. The first kappa shape index (κ1) is 9.98. The van der Waals surface area contributed by atoms with Crippen molar-refractivity contribution in [2.45, 2.75) is 6.92 Å². The lowest BCUT2D eigenvalue weighted by Crippen LogP contribution is -1.90. The minimum absolute atomic E-state index is 0.377. The molecule has 11 heavy (non-hydrogen) atoms. The van der Waals surface area contributed by atoms with Crippen LogP contribution < -0.4 is 0 Å². The summed E-state index contributed by atoms with van der Waals surface area (Å²) in [6.45, 7) is 5.25. The molecule has 0 heterocycles. The second-order valence-corrected chi connectivity index (χ2v) is 1.95. The molecule has 0 fully saturated rings. The van der Waals surface area contributed by atoms with Crippen LogP contribution in [0.25, 0.3) is 0 Å². The molecule has 60 valence electrons. The highest BCUT2D eigenvalue weighted by molar-refractivity contribution is 6.61. The van der Waals surface area contributed by atoms with Gasteiger partial charge in [-0.05, 0) is 19.1 Å². The first-order valence-corrected chi connectivity index (χ1v) is 3.41. The number of hydrogen-bond donors (Lipinski definition) is 0. The Morgan fingerprint density at radius 3 is 2.64 bits per heavy atom. The fourth-order valence-corrected chi connectivity index (χ4v) is 0.586. The molecule has 0 atom stereocenters. The van der Waals surface area contributed by atoms with Crippen molar-refractivity contribution in [2.75, 3.05) is 0 Å². The van der Waals surface area contributed by atoms with Gasteiger partial charge in [0.1, 0.15) is 5.76 Å². The van der Waals surface area contributed by atoms with Crippen molar-refractivity contribution in [3.8, 4) is 0 Å². The Hall–Kier alpha value is -1.02. The third-order valence-electron chi connectivity index (χ3n) is 0.811. The van der Waals surface area contributed by atoms with Gasteiger partial charge in [0.2, 0.25) is 0 Å². The van der Waals surface area contributed by atoms with Crippen LogP contribution in [-0.4, -0.2) is 5.43 Å². The number of ether oxygens (including phenoxy) is 1. The van der Waals surface area contributed by atoms with Gasteiger partial charge in [-0.3, -0.25) is 0 Å². The fraction of sp³-hybridized carbons (Fsp3) is 0.125. The lowest BCUT2D eigenvalue weighted by atomic mass is 10.4. The van der Waals surface area contributed by atoms with Crippen LogP contribution in [0.3, 0.4) is 0 Å². The van der Waals surface area contributed by atoms with Gasteiger partial charge in [-0.15, -0.1) is 0 Å². The average Bonchev–Trinajstić information content (AvgIpc) is 1.87. The van der Waals surface area contributed by atoms with Gasteiger partial charge < -0.3 is 4.74 Å². The first-order chi connectivity index (χ1) is 5.20. The normalized spacial score (nSPS) is 11.6. The van der Waals surface area contributed by atoms with Gasteiger partial charge in [0, 0.05) is 11.6 Å². The van der Waals surface area contributed by atoms with Crippen molar-refractivity contribution in [2.24, 2.45) is 0 Å². The molecule has 0 radical (unpaired) electrons. The maximum atomic E-state index is 10.2. The highest BCUT2D eigenvalue weighted by Crippen LogP contribution is 2.03. The number of halogens is 1. The second-order valence-electron chi connectivity index (χ2n) is 1.64. The van der Waals surface area contributed by atoms with Gasteiger partial charge in [-0.25, -0.2) is 4.79 Å². The zero-order chi connectivity index (χ0) is 8.69. The smallest absolute Gasteiger partial charge is 0.409 e. The molecule has 3 heteroatoms. The van der Waals surface area contributed by atoms with Crippen molar-refractivity contribution in [3.05, 3.63) is 36.6 Å². The quantitative estimate of drug-likeness (QED) is 0.372. The van der Waals surface area contributed by atoms with E-state index in [9.17, 15) is 4.79 Å². The maximum Gasteiger partial charge on any atom is 0.409 e. The van der Waals surface area contributed by atoms with Crippen LogP contribution in [0.5, 0.6) is 0 Å². The summed E-state index contributed by atoms with van der Waals surface area (Å²) in [5, 5.41) is 0. The molecule has 0 bridgehead atoms. The molecule has 0 aliphatic heterocycles. The minimum Gasteiger partial charge on any atom is -0.415 e. The number of carbonyl (C=O) groups is 1. The highest BCUT2D eigenvalue weighted by Gasteiger charge is 1.97. The predicted octanol–water partition coefficient (Wildman–Crippen LogP) is 3.01. The Kier molecular flexibility index (Phi) is 5.21. The minimum atomic E-state index is -0.851. The van der Waals surface area contributed by atoms with E-state index < -0.39 is 5.43 Å². The van der Waals surface area contributed by atoms with Crippen molar-refractivity contribution >= 4 is 17.0 Å². The maximum absolute atomic E-state index is 10.2. The first-order valence-electron chi connectivity index (χ1n) is 3.03. The van der Waals surface area contributed by atoms with Crippen LogP contribution in [0, 0.1) is 0 Å². The summed E-state index contributed by atoms with van der Waals surface area (Å²) in [7, 11) is 0. The summed E-state index contributed by atoms with van der Waals surface area (Å²) in [4.78, 5) is 10.2.